The van der Waals surface area contributed by atoms with Crippen molar-refractivity contribution in [3.05, 3.63) is 29.3 Å². The van der Waals surface area contributed by atoms with Crippen LogP contribution in [0.4, 0.5) is 0 Å². The second-order valence-corrected chi connectivity index (χ2v) is 5.57. The molecule has 1 rings (SSSR count). The van der Waals surface area contributed by atoms with Crippen molar-refractivity contribution in [2.24, 2.45) is 0 Å². The molecule has 1 aromatic carbocycles. The molecule has 0 saturated heterocycles. The van der Waals surface area contributed by atoms with Crippen LogP contribution in [0.3, 0.4) is 0 Å². The molecule has 0 saturated carbocycles. The molecule has 0 amide bonds. The average molecular weight is 185 g/mol. The summed E-state index contributed by atoms with van der Waals surface area (Å²) in [7, 11) is -0.186. The van der Waals surface area contributed by atoms with Gasteiger partial charge >= 0.3 is 0 Å². The molecule has 0 spiro atoms. The van der Waals surface area contributed by atoms with E-state index in [0.717, 1.165) is 5.50 Å². The van der Waals surface area contributed by atoms with Crippen LogP contribution >= 0.6 is 11.6 Å². The number of hydrogen-bond donors (Lipinski definition) is 0. The number of benzene rings is 1. The third-order valence-electron chi connectivity index (χ3n) is 2.08. The third kappa shape index (κ3) is 2.08. The van der Waals surface area contributed by atoms with Gasteiger partial charge < -0.3 is 0 Å². The van der Waals surface area contributed by atoms with Crippen molar-refractivity contribution in [1.82, 2.24) is 0 Å². The summed E-state index contributed by atoms with van der Waals surface area (Å²) in [6, 6.07) is 6.48. The van der Waals surface area contributed by atoms with E-state index in [1.165, 1.54) is 16.3 Å². The van der Waals surface area contributed by atoms with Crippen molar-refractivity contribution in [3.63, 3.8) is 0 Å². The molecule has 0 nitrogen and oxygen atoms in total. The SMILES string of the molecule is Cc1cccc([SiH2]CCl)c1C. The van der Waals surface area contributed by atoms with Crippen LogP contribution in [0.2, 0.25) is 0 Å². The van der Waals surface area contributed by atoms with Gasteiger partial charge in [0.2, 0.25) is 0 Å². The Kier molecular flexibility index (Phi) is 3.15. The molecule has 0 bridgehead atoms. The van der Waals surface area contributed by atoms with Crippen molar-refractivity contribution in [3.8, 4) is 0 Å². The van der Waals surface area contributed by atoms with E-state index < -0.39 is 0 Å². The van der Waals surface area contributed by atoms with Gasteiger partial charge in [-0.3, -0.25) is 0 Å². The van der Waals surface area contributed by atoms with E-state index in [9.17, 15) is 0 Å². The van der Waals surface area contributed by atoms with E-state index in [1.54, 1.807) is 0 Å². The lowest BCUT2D eigenvalue weighted by Crippen LogP contribution is -2.19. The fourth-order valence-electron chi connectivity index (χ4n) is 1.18. The van der Waals surface area contributed by atoms with Crippen molar-refractivity contribution < 1.29 is 0 Å². The van der Waals surface area contributed by atoms with Gasteiger partial charge in [0.1, 0.15) is 0 Å². The summed E-state index contributed by atoms with van der Waals surface area (Å²) in [5.74, 6) is 0. The van der Waals surface area contributed by atoms with Crippen molar-refractivity contribution >= 4 is 26.3 Å². The minimum absolute atomic E-state index is 0.186. The second-order valence-electron chi connectivity index (χ2n) is 2.80. The molecule has 0 aliphatic carbocycles. The predicted octanol–water partition coefficient (Wildman–Crippen LogP) is 1.29. The topological polar surface area (TPSA) is 0 Å². The third-order valence-corrected chi connectivity index (χ3v) is 4.14. The first-order valence-corrected chi connectivity index (χ1v) is 6.11. The fourth-order valence-corrected chi connectivity index (χ4v) is 2.96. The lowest BCUT2D eigenvalue weighted by Gasteiger charge is -2.05. The summed E-state index contributed by atoms with van der Waals surface area (Å²) in [6.45, 7) is 4.34. The van der Waals surface area contributed by atoms with Gasteiger partial charge in [-0.1, -0.05) is 23.4 Å². The molecule has 0 aromatic heterocycles. The number of rotatable bonds is 2. The molecular formula is C9H13ClSi. The standard InChI is InChI=1S/C9H13ClSi/c1-7-4-3-5-9(8(7)2)11-6-10/h3-5H,6,11H2,1-2H3. The molecule has 0 radical (unpaired) electrons. The van der Waals surface area contributed by atoms with Crippen molar-refractivity contribution in [2.45, 2.75) is 13.8 Å². The van der Waals surface area contributed by atoms with Gasteiger partial charge in [-0.15, -0.1) is 11.6 Å². The smallest absolute Gasteiger partial charge is 0.0718 e. The molecule has 0 unspecified atom stereocenters. The maximum Gasteiger partial charge on any atom is 0.0718 e. The Morgan fingerprint density at radius 2 is 2.09 bits per heavy atom. The number of aryl methyl sites for hydroxylation is 1. The van der Waals surface area contributed by atoms with Gasteiger partial charge in [0.25, 0.3) is 0 Å². The molecule has 0 heterocycles. The minimum atomic E-state index is -0.186. The van der Waals surface area contributed by atoms with Crippen molar-refractivity contribution in [1.29, 1.82) is 0 Å². The molecule has 0 atom stereocenters. The number of hydrogen-bond acceptors (Lipinski definition) is 0. The van der Waals surface area contributed by atoms with Crippen LogP contribution in [-0.2, 0) is 0 Å². The van der Waals surface area contributed by atoms with Gasteiger partial charge in [-0.05, 0) is 25.0 Å². The molecule has 0 aliphatic rings. The zero-order chi connectivity index (χ0) is 8.27. The Labute approximate surface area is 75.4 Å². The normalized spacial score (nSPS) is 11.2. The summed E-state index contributed by atoms with van der Waals surface area (Å²) >= 11 is 5.72. The van der Waals surface area contributed by atoms with Gasteiger partial charge in [-0.2, -0.15) is 0 Å². The molecule has 1 aromatic rings. The largest absolute Gasteiger partial charge is 0.130 e. The first kappa shape index (κ1) is 8.82. The molecule has 60 valence electrons. The summed E-state index contributed by atoms with van der Waals surface area (Å²) in [5.41, 5.74) is 3.68. The maximum atomic E-state index is 5.72. The number of alkyl halides is 1. The number of halogens is 1. The van der Waals surface area contributed by atoms with E-state index in [1.807, 2.05) is 0 Å². The molecule has 2 heteroatoms. The van der Waals surface area contributed by atoms with Crippen LogP contribution < -0.4 is 5.19 Å². The Balaban J connectivity index is 2.96. The van der Waals surface area contributed by atoms with Gasteiger partial charge in [0, 0.05) is 5.50 Å². The molecular weight excluding hydrogens is 172 g/mol. The lowest BCUT2D eigenvalue weighted by atomic mass is 10.1. The van der Waals surface area contributed by atoms with E-state index in [2.05, 4.69) is 32.0 Å². The predicted molar refractivity (Wildman–Crippen MR) is 54.8 cm³/mol. The second kappa shape index (κ2) is 3.93. The summed E-state index contributed by atoms with van der Waals surface area (Å²) in [6.07, 6.45) is 0. The van der Waals surface area contributed by atoms with Crippen LogP contribution in [0.25, 0.3) is 0 Å². The summed E-state index contributed by atoms with van der Waals surface area (Å²) in [5, 5.41) is 1.51. The molecule has 0 N–H and O–H groups in total. The fraction of sp³-hybridized carbons (Fsp3) is 0.333. The van der Waals surface area contributed by atoms with Gasteiger partial charge in [0.05, 0.1) is 9.52 Å². The van der Waals surface area contributed by atoms with Crippen LogP contribution in [0.15, 0.2) is 18.2 Å². The highest BCUT2D eigenvalue weighted by Gasteiger charge is 1.98. The van der Waals surface area contributed by atoms with E-state index in [4.69, 9.17) is 11.6 Å². The Morgan fingerprint density at radius 1 is 1.36 bits per heavy atom. The first-order valence-electron chi connectivity index (χ1n) is 3.86. The van der Waals surface area contributed by atoms with Crippen LogP contribution in [0.1, 0.15) is 11.1 Å². The van der Waals surface area contributed by atoms with Gasteiger partial charge in [-0.25, -0.2) is 0 Å². The summed E-state index contributed by atoms with van der Waals surface area (Å²) < 4.78 is 0. The molecule has 0 aliphatic heterocycles. The van der Waals surface area contributed by atoms with Crippen LogP contribution in [0.5, 0.6) is 0 Å². The van der Waals surface area contributed by atoms with Crippen LogP contribution in [0, 0.1) is 13.8 Å². The zero-order valence-electron chi connectivity index (χ0n) is 7.02. The van der Waals surface area contributed by atoms with E-state index >= 15 is 0 Å². The van der Waals surface area contributed by atoms with E-state index in [-0.39, 0.29) is 9.52 Å². The highest BCUT2D eigenvalue weighted by molar-refractivity contribution is 6.62. The summed E-state index contributed by atoms with van der Waals surface area (Å²) in [4.78, 5) is 0. The average Bonchev–Trinajstić information content (AvgIpc) is 1.99. The molecule has 0 fully saturated rings. The lowest BCUT2D eigenvalue weighted by molar-refractivity contribution is 1.37. The van der Waals surface area contributed by atoms with E-state index in [0.29, 0.717) is 0 Å². The quantitative estimate of drug-likeness (QED) is 0.480. The highest BCUT2D eigenvalue weighted by atomic mass is 35.5. The Hall–Kier alpha value is -0.273. The van der Waals surface area contributed by atoms with Crippen molar-refractivity contribution in [2.75, 3.05) is 5.50 Å². The van der Waals surface area contributed by atoms with Crippen LogP contribution in [-0.4, -0.2) is 15.0 Å². The first-order chi connectivity index (χ1) is 5.25. The highest BCUT2D eigenvalue weighted by Crippen LogP contribution is 2.01. The monoisotopic (exact) mass is 184 g/mol. The Bertz CT molecular complexity index is 245. The minimum Gasteiger partial charge on any atom is -0.130 e. The zero-order valence-corrected chi connectivity index (χ0v) is 9.19. The molecule has 11 heavy (non-hydrogen) atoms. The Morgan fingerprint density at radius 3 is 2.73 bits per heavy atom. The maximum absolute atomic E-state index is 5.72. The van der Waals surface area contributed by atoms with Gasteiger partial charge in [0.15, 0.2) is 0 Å².